The Morgan fingerprint density at radius 3 is 2.66 bits per heavy atom. The van der Waals surface area contributed by atoms with Crippen molar-refractivity contribution in [1.29, 1.82) is 0 Å². The maximum Gasteiger partial charge on any atom is 0.345 e. The molecule has 1 N–H and O–H groups in total. The number of hydrogen-bond acceptors (Lipinski definition) is 6. The van der Waals surface area contributed by atoms with E-state index in [0.29, 0.717) is 22.4 Å². The Kier molecular flexibility index (Phi) is 6.57. The van der Waals surface area contributed by atoms with Crippen LogP contribution in [-0.2, 0) is 16.1 Å². The van der Waals surface area contributed by atoms with Crippen LogP contribution >= 0.6 is 11.3 Å². The number of hydrogen-bond donors (Lipinski definition) is 1. The molecule has 3 aromatic carbocycles. The number of benzene rings is 3. The van der Waals surface area contributed by atoms with Gasteiger partial charge < -0.3 is 14.8 Å². The zero-order valence-corrected chi connectivity index (χ0v) is 19.4. The number of fused-ring (bicyclic) bond motifs is 1. The molecule has 5 nitrogen and oxygen atoms in total. The summed E-state index contributed by atoms with van der Waals surface area (Å²) in [5.74, 6) is -2.40. The van der Waals surface area contributed by atoms with E-state index in [1.165, 1.54) is 17.4 Å². The Balaban J connectivity index is 1.24. The van der Waals surface area contributed by atoms with Crippen molar-refractivity contribution in [3.63, 3.8) is 0 Å². The van der Waals surface area contributed by atoms with E-state index < -0.39 is 29.6 Å². The van der Waals surface area contributed by atoms with Crippen molar-refractivity contribution in [3.8, 4) is 16.9 Å². The quantitative estimate of drug-likeness (QED) is 0.269. The SMILES string of the molecule is O=C(OC(=O)[C@@H]1CCCN1)c1cccc(COc2ccc(-c3cc(F)c(F)c4ccsc34)cc2)c1. The predicted molar refractivity (Wildman–Crippen MR) is 129 cm³/mol. The molecule has 1 aromatic heterocycles. The predicted octanol–water partition coefficient (Wildman–Crippen LogP) is 5.86. The van der Waals surface area contributed by atoms with E-state index in [0.717, 1.165) is 24.1 Å². The summed E-state index contributed by atoms with van der Waals surface area (Å²) in [6.45, 7) is 0.930. The average molecular weight is 494 g/mol. The lowest BCUT2D eigenvalue weighted by molar-refractivity contribution is -0.139. The number of rotatable bonds is 6. The molecule has 0 radical (unpaired) electrons. The topological polar surface area (TPSA) is 64.6 Å². The molecule has 0 aliphatic carbocycles. The highest BCUT2D eigenvalue weighted by molar-refractivity contribution is 7.17. The van der Waals surface area contributed by atoms with Gasteiger partial charge in [-0.05, 0) is 72.3 Å². The van der Waals surface area contributed by atoms with Crippen LogP contribution in [0.3, 0.4) is 0 Å². The van der Waals surface area contributed by atoms with E-state index in [1.807, 2.05) is 0 Å². The minimum absolute atomic E-state index is 0.193. The van der Waals surface area contributed by atoms with E-state index in [-0.39, 0.29) is 17.6 Å². The Morgan fingerprint density at radius 2 is 1.89 bits per heavy atom. The third-order valence-electron chi connectivity index (χ3n) is 5.90. The molecule has 0 amide bonds. The largest absolute Gasteiger partial charge is 0.489 e. The molecule has 1 atom stereocenters. The van der Waals surface area contributed by atoms with Gasteiger partial charge >= 0.3 is 11.9 Å². The van der Waals surface area contributed by atoms with Crippen LogP contribution in [0.25, 0.3) is 21.2 Å². The van der Waals surface area contributed by atoms with Gasteiger partial charge in [-0.15, -0.1) is 11.3 Å². The van der Waals surface area contributed by atoms with Crippen LogP contribution in [0.1, 0.15) is 28.8 Å². The summed E-state index contributed by atoms with van der Waals surface area (Å²) < 4.78 is 39.6. The number of nitrogens with one attached hydrogen (secondary N) is 1. The summed E-state index contributed by atoms with van der Waals surface area (Å²) in [4.78, 5) is 24.4. The lowest BCUT2D eigenvalue weighted by Gasteiger charge is -2.11. The number of carbonyl (C=O) groups excluding carboxylic acids is 2. The van der Waals surface area contributed by atoms with E-state index in [2.05, 4.69) is 5.32 Å². The lowest BCUT2D eigenvalue weighted by atomic mass is 10.0. The minimum Gasteiger partial charge on any atom is -0.489 e. The van der Waals surface area contributed by atoms with Crippen LogP contribution in [0.5, 0.6) is 5.75 Å². The standard InChI is InChI=1S/C27H21F2NO4S/c28-22-14-21(25-20(24(22)29)10-12-35-25)17-6-8-19(9-7-17)33-15-16-3-1-4-18(13-16)26(31)34-27(32)23-5-2-11-30-23/h1,3-4,6-10,12-14,23,30H,2,5,11,15H2/t23-/m0/s1. The first-order valence-electron chi connectivity index (χ1n) is 11.2. The number of thiophene rings is 1. The molecule has 1 aliphatic rings. The van der Waals surface area contributed by atoms with Gasteiger partial charge in [-0.2, -0.15) is 0 Å². The van der Waals surface area contributed by atoms with Crippen LogP contribution in [0.4, 0.5) is 8.78 Å². The van der Waals surface area contributed by atoms with Gasteiger partial charge in [0.1, 0.15) is 18.4 Å². The summed E-state index contributed by atoms with van der Waals surface area (Å²) in [6.07, 6.45) is 1.54. The smallest absolute Gasteiger partial charge is 0.345 e. The monoisotopic (exact) mass is 493 g/mol. The fraction of sp³-hybridized carbons (Fsp3) is 0.185. The average Bonchev–Trinajstić information content (AvgIpc) is 3.59. The van der Waals surface area contributed by atoms with Crippen LogP contribution in [0.15, 0.2) is 66.0 Å². The third kappa shape index (κ3) is 4.94. The maximum absolute atomic E-state index is 14.0. The third-order valence-corrected chi connectivity index (χ3v) is 6.85. The van der Waals surface area contributed by atoms with Crippen molar-refractivity contribution < 1.29 is 27.8 Å². The molecule has 4 aromatic rings. The van der Waals surface area contributed by atoms with Gasteiger partial charge in [0.25, 0.3) is 0 Å². The summed E-state index contributed by atoms with van der Waals surface area (Å²) in [7, 11) is 0. The Labute approximate surface area is 204 Å². The van der Waals surface area contributed by atoms with E-state index in [1.54, 1.807) is 60.0 Å². The van der Waals surface area contributed by atoms with Crippen LogP contribution < -0.4 is 10.1 Å². The highest BCUT2D eigenvalue weighted by Crippen LogP contribution is 2.36. The molecule has 0 saturated carbocycles. The van der Waals surface area contributed by atoms with E-state index in [9.17, 15) is 18.4 Å². The first-order chi connectivity index (χ1) is 17.0. The fourth-order valence-corrected chi connectivity index (χ4v) is 5.01. The van der Waals surface area contributed by atoms with Crippen molar-refractivity contribution in [1.82, 2.24) is 5.32 Å². The van der Waals surface area contributed by atoms with Gasteiger partial charge in [0.2, 0.25) is 0 Å². The second-order valence-corrected chi connectivity index (χ2v) is 9.17. The van der Waals surface area contributed by atoms with Crippen LogP contribution in [0.2, 0.25) is 0 Å². The van der Waals surface area contributed by atoms with E-state index >= 15 is 0 Å². The molecular formula is C27H21F2NO4S. The molecule has 2 heterocycles. The first kappa shape index (κ1) is 23.1. The molecule has 35 heavy (non-hydrogen) atoms. The van der Waals surface area contributed by atoms with Crippen molar-refractivity contribution in [3.05, 3.63) is 88.8 Å². The summed E-state index contributed by atoms with van der Waals surface area (Å²) >= 11 is 1.36. The Bertz CT molecular complexity index is 1390. The molecule has 1 fully saturated rings. The molecule has 1 aliphatic heterocycles. The summed E-state index contributed by atoms with van der Waals surface area (Å²) in [5.41, 5.74) is 2.37. The maximum atomic E-state index is 14.0. The van der Waals surface area contributed by atoms with Gasteiger partial charge in [-0.1, -0.05) is 24.3 Å². The number of carbonyl (C=O) groups is 2. The summed E-state index contributed by atoms with van der Waals surface area (Å²) in [5, 5.41) is 5.01. The van der Waals surface area contributed by atoms with E-state index in [4.69, 9.17) is 9.47 Å². The zero-order chi connectivity index (χ0) is 24.4. The van der Waals surface area contributed by atoms with Crippen molar-refractivity contribution in [2.24, 2.45) is 0 Å². The molecule has 178 valence electrons. The first-order valence-corrected chi connectivity index (χ1v) is 12.0. The fourth-order valence-electron chi connectivity index (χ4n) is 4.08. The van der Waals surface area contributed by atoms with Crippen LogP contribution in [-0.4, -0.2) is 24.5 Å². The van der Waals surface area contributed by atoms with Gasteiger partial charge in [-0.3, -0.25) is 0 Å². The summed E-state index contributed by atoms with van der Waals surface area (Å²) in [6, 6.07) is 16.2. The molecule has 0 spiro atoms. The van der Waals surface area contributed by atoms with Crippen molar-refractivity contribution in [2.75, 3.05) is 6.54 Å². The molecular weight excluding hydrogens is 472 g/mol. The number of halogens is 2. The van der Waals surface area contributed by atoms with Crippen LogP contribution in [0, 0.1) is 11.6 Å². The number of ether oxygens (including phenoxy) is 2. The highest BCUT2D eigenvalue weighted by Gasteiger charge is 2.26. The Hall–Kier alpha value is -3.62. The van der Waals surface area contributed by atoms with Crippen molar-refractivity contribution >= 4 is 33.4 Å². The molecule has 1 saturated heterocycles. The van der Waals surface area contributed by atoms with Gasteiger partial charge in [0.05, 0.1) is 5.56 Å². The van der Waals surface area contributed by atoms with Gasteiger partial charge in [0.15, 0.2) is 11.6 Å². The zero-order valence-electron chi connectivity index (χ0n) is 18.6. The second-order valence-electron chi connectivity index (χ2n) is 8.25. The van der Waals surface area contributed by atoms with Gasteiger partial charge in [0, 0.05) is 15.6 Å². The highest BCUT2D eigenvalue weighted by atomic mass is 32.1. The number of esters is 2. The molecule has 0 unspecified atom stereocenters. The molecule has 8 heteroatoms. The van der Waals surface area contributed by atoms with Crippen molar-refractivity contribution in [2.45, 2.75) is 25.5 Å². The van der Waals surface area contributed by atoms with Gasteiger partial charge in [-0.25, -0.2) is 18.4 Å². The molecule has 0 bridgehead atoms. The normalized spacial score (nSPS) is 15.3. The minimum atomic E-state index is -0.883. The molecule has 5 rings (SSSR count). The second kappa shape index (κ2) is 9.93. The Morgan fingerprint density at radius 1 is 1.06 bits per heavy atom. The lowest BCUT2D eigenvalue weighted by Crippen LogP contribution is -2.33.